The molecule has 0 bridgehead atoms. The molecule has 0 aliphatic heterocycles. The normalized spacial score (nSPS) is 10.5. The zero-order valence-corrected chi connectivity index (χ0v) is 19.8. The summed E-state index contributed by atoms with van der Waals surface area (Å²) in [5, 5.41) is 24.7. The van der Waals surface area contributed by atoms with E-state index in [0.29, 0.717) is 34.8 Å². The Kier molecular flexibility index (Phi) is 7.10. The summed E-state index contributed by atoms with van der Waals surface area (Å²) in [6.45, 7) is 3.67. The summed E-state index contributed by atoms with van der Waals surface area (Å²) in [6, 6.07) is 26.5. The Hall–Kier alpha value is -4.92. The molecule has 1 N–H and O–H groups in total. The van der Waals surface area contributed by atoms with Crippen LogP contribution in [0, 0.1) is 34.1 Å². The van der Waals surface area contributed by atoms with Crippen molar-refractivity contribution < 1.29 is 14.6 Å². The van der Waals surface area contributed by atoms with Gasteiger partial charge in [-0.15, -0.1) is 0 Å². The number of ether oxygens (including phenoxy) is 1. The van der Waals surface area contributed by atoms with Gasteiger partial charge < -0.3 is 4.74 Å². The van der Waals surface area contributed by atoms with E-state index in [1.54, 1.807) is 43.1 Å². The van der Waals surface area contributed by atoms with Crippen LogP contribution in [0.1, 0.15) is 16.7 Å². The molecule has 0 aliphatic rings. The topological polar surface area (TPSA) is 111 Å². The SMILES string of the molecule is Cc1c(NN(Cc2ccc(Oc3ccccc3)cc2)c2cccc([N+](=O)[O-])c2C)cccc1[N+](=O)[O-]. The van der Waals surface area contributed by atoms with Gasteiger partial charge in [-0.05, 0) is 55.8 Å². The fraction of sp³-hybridized carbons (Fsp3) is 0.111. The number of nitrogens with one attached hydrogen (secondary N) is 1. The van der Waals surface area contributed by atoms with Crippen molar-refractivity contribution in [2.45, 2.75) is 20.4 Å². The largest absolute Gasteiger partial charge is 0.457 e. The predicted octanol–water partition coefficient (Wildman–Crippen LogP) is 6.95. The Morgan fingerprint density at radius 2 is 1.31 bits per heavy atom. The summed E-state index contributed by atoms with van der Waals surface area (Å²) in [7, 11) is 0. The molecule has 182 valence electrons. The molecule has 9 heteroatoms. The van der Waals surface area contributed by atoms with Gasteiger partial charge >= 0.3 is 0 Å². The number of nitro benzene ring substituents is 2. The lowest BCUT2D eigenvalue weighted by atomic mass is 10.1. The van der Waals surface area contributed by atoms with Crippen molar-refractivity contribution in [1.29, 1.82) is 0 Å². The summed E-state index contributed by atoms with van der Waals surface area (Å²) < 4.78 is 5.86. The van der Waals surface area contributed by atoms with Crippen LogP contribution in [0.3, 0.4) is 0 Å². The van der Waals surface area contributed by atoms with Crippen molar-refractivity contribution in [2.24, 2.45) is 0 Å². The zero-order valence-electron chi connectivity index (χ0n) is 19.8. The molecule has 0 saturated carbocycles. The number of nitro groups is 2. The molecular weight excluding hydrogens is 460 g/mol. The average Bonchev–Trinajstić information content (AvgIpc) is 2.86. The second-order valence-electron chi connectivity index (χ2n) is 8.14. The first kappa shape index (κ1) is 24.2. The molecule has 4 aromatic rings. The first-order chi connectivity index (χ1) is 17.3. The Bertz CT molecular complexity index is 1390. The van der Waals surface area contributed by atoms with E-state index < -0.39 is 9.85 Å². The van der Waals surface area contributed by atoms with Crippen molar-refractivity contribution in [3.8, 4) is 11.5 Å². The third-order valence-corrected chi connectivity index (χ3v) is 5.76. The number of nitrogens with zero attached hydrogens (tertiary/aromatic N) is 3. The minimum absolute atomic E-state index is 0.0123. The fourth-order valence-corrected chi connectivity index (χ4v) is 3.84. The highest BCUT2D eigenvalue weighted by atomic mass is 16.6. The summed E-state index contributed by atoms with van der Waals surface area (Å²) in [6.07, 6.45) is 0. The van der Waals surface area contributed by atoms with Crippen LogP contribution in [-0.2, 0) is 6.54 Å². The lowest BCUT2D eigenvalue weighted by Crippen LogP contribution is -2.30. The quantitative estimate of drug-likeness (QED) is 0.202. The first-order valence-corrected chi connectivity index (χ1v) is 11.2. The standard InChI is InChI=1S/C27H24N4O5/c1-19-24(10-6-12-26(19)30(32)33)28-29(25-11-7-13-27(20(25)2)31(34)35)18-21-14-16-23(17-15-21)36-22-8-4-3-5-9-22/h3-17,28H,18H2,1-2H3. The van der Waals surface area contributed by atoms with Crippen LogP contribution in [0.5, 0.6) is 11.5 Å². The molecule has 0 unspecified atom stereocenters. The molecule has 0 saturated heterocycles. The van der Waals surface area contributed by atoms with E-state index in [9.17, 15) is 20.2 Å². The summed E-state index contributed by atoms with van der Waals surface area (Å²) in [5.74, 6) is 1.40. The molecular formula is C27H24N4O5. The van der Waals surface area contributed by atoms with Crippen LogP contribution in [0.4, 0.5) is 22.7 Å². The van der Waals surface area contributed by atoms with Gasteiger partial charge in [0.1, 0.15) is 11.5 Å². The van der Waals surface area contributed by atoms with Crippen LogP contribution in [0.15, 0.2) is 91.0 Å². The number of benzene rings is 4. The maximum atomic E-state index is 11.6. The molecule has 0 atom stereocenters. The third kappa shape index (κ3) is 5.41. The highest BCUT2D eigenvalue weighted by Gasteiger charge is 2.20. The van der Waals surface area contributed by atoms with Crippen LogP contribution >= 0.6 is 0 Å². The Morgan fingerprint density at radius 1 is 0.722 bits per heavy atom. The van der Waals surface area contributed by atoms with Gasteiger partial charge in [0.25, 0.3) is 11.4 Å². The number of para-hydroxylation sites is 1. The molecule has 0 heterocycles. The summed E-state index contributed by atoms with van der Waals surface area (Å²) >= 11 is 0. The van der Waals surface area contributed by atoms with Crippen LogP contribution in [0.2, 0.25) is 0 Å². The van der Waals surface area contributed by atoms with E-state index in [1.807, 2.05) is 54.6 Å². The Balaban J connectivity index is 1.66. The monoisotopic (exact) mass is 484 g/mol. The number of hydrazine groups is 1. The number of hydrogen-bond donors (Lipinski definition) is 1. The van der Waals surface area contributed by atoms with Gasteiger partial charge in [-0.2, -0.15) is 0 Å². The highest BCUT2D eigenvalue weighted by molar-refractivity contribution is 5.67. The average molecular weight is 485 g/mol. The van der Waals surface area contributed by atoms with Gasteiger partial charge in [-0.3, -0.25) is 30.7 Å². The number of anilines is 2. The molecule has 0 spiro atoms. The summed E-state index contributed by atoms with van der Waals surface area (Å²) in [5.41, 5.74) is 6.16. The highest BCUT2D eigenvalue weighted by Crippen LogP contribution is 2.32. The molecule has 0 radical (unpaired) electrons. The van der Waals surface area contributed by atoms with E-state index in [0.717, 1.165) is 11.3 Å². The van der Waals surface area contributed by atoms with Crippen LogP contribution in [0.25, 0.3) is 0 Å². The second-order valence-corrected chi connectivity index (χ2v) is 8.14. The smallest absolute Gasteiger partial charge is 0.274 e. The Morgan fingerprint density at radius 3 is 1.94 bits per heavy atom. The van der Waals surface area contributed by atoms with Gasteiger partial charge in [0.15, 0.2) is 0 Å². The molecule has 4 aromatic carbocycles. The van der Waals surface area contributed by atoms with E-state index in [-0.39, 0.29) is 11.4 Å². The molecule has 0 fully saturated rings. The van der Waals surface area contributed by atoms with Crippen molar-refractivity contribution >= 4 is 22.7 Å². The van der Waals surface area contributed by atoms with Gasteiger partial charge in [0, 0.05) is 12.1 Å². The number of hydrogen-bond acceptors (Lipinski definition) is 7. The molecule has 0 amide bonds. The molecule has 9 nitrogen and oxygen atoms in total. The van der Waals surface area contributed by atoms with Gasteiger partial charge in [0.2, 0.25) is 0 Å². The lowest BCUT2D eigenvalue weighted by Gasteiger charge is -2.28. The van der Waals surface area contributed by atoms with E-state index in [4.69, 9.17) is 4.74 Å². The van der Waals surface area contributed by atoms with E-state index in [2.05, 4.69) is 5.43 Å². The van der Waals surface area contributed by atoms with Crippen molar-refractivity contribution in [3.63, 3.8) is 0 Å². The van der Waals surface area contributed by atoms with Crippen molar-refractivity contribution in [1.82, 2.24) is 0 Å². The van der Waals surface area contributed by atoms with Crippen LogP contribution in [-0.4, -0.2) is 9.85 Å². The van der Waals surface area contributed by atoms with E-state index >= 15 is 0 Å². The zero-order chi connectivity index (χ0) is 25.7. The van der Waals surface area contributed by atoms with Crippen molar-refractivity contribution in [3.05, 3.63) is 128 Å². The lowest BCUT2D eigenvalue weighted by molar-refractivity contribution is -0.385. The van der Waals surface area contributed by atoms with Gasteiger partial charge in [0.05, 0.1) is 38.9 Å². The maximum Gasteiger partial charge on any atom is 0.274 e. The predicted molar refractivity (Wildman–Crippen MR) is 138 cm³/mol. The minimum Gasteiger partial charge on any atom is -0.457 e. The minimum atomic E-state index is -0.436. The first-order valence-electron chi connectivity index (χ1n) is 11.2. The fourth-order valence-electron chi connectivity index (χ4n) is 3.84. The molecule has 36 heavy (non-hydrogen) atoms. The molecule has 4 rings (SSSR count). The second kappa shape index (κ2) is 10.6. The molecule has 0 aliphatic carbocycles. The van der Waals surface area contributed by atoms with E-state index in [1.165, 1.54) is 12.1 Å². The molecule has 0 aromatic heterocycles. The third-order valence-electron chi connectivity index (χ3n) is 5.76. The maximum absolute atomic E-state index is 11.6. The number of rotatable bonds is 9. The summed E-state index contributed by atoms with van der Waals surface area (Å²) in [4.78, 5) is 22.1. The Labute approximate surface area is 207 Å². The van der Waals surface area contributed by atoms with Crippen molar-refractivity contribution in [2.75, 3.05) is 10.4 Å². The van der Waals surface area contributed by atoms with Gasteiger partial charge in [-0.25, -0.2) is 0 Å². The van der Waals surface area contributed by atoms with Gasteiger partial charge in [-0.1, -0.05) is 42.5 Å². The van der Waals surface area contributed by atoms with Crippen LogP contribution < -0.4 is 15.2 Å².